The summed E-state index contributed by atoms with van der Waals surface area (Å²) < 4.78 is 51.3. The Hall–Kier alpha value is -2.68. The van der Waals surface area contributed by atoms with Gasteiger partial charge in [0.1, 0.15) is 11.5 Å². The molecule has 0 bridgehead atoms. The largest absolute Gasteiger partial charge is 0.508 e. The molecule has 4 rings (SSSR count). The third kappa shape index (κ3) is 9.40. The van der Waals surface area contributed by atoms with Gasteiger partial charge in [-0.1, -0.05) is 24.0 Å². The maximum atomic E-state index is 13.7. The fraction of sp³-hybridized carbons (Fsp3) is 0.516. The number of aryl methyl sites for hydroxylation is 1. The summed E-state index contributed by atoms with van der Waals surface area (Å²) in [5.41, 5.74) is 0.490. The van der Waals surface area contributed by atoms with Crippen molar-refractivity contribution in [2.45, 2.75) is 44.9 Å². The number of amides is 1. The van der Waals surface area contributed by atoms with Crippen molar-refractivity contribution in [3.05, 3.63) is 58.7 Å². The molecule has 0 saturated carbocycles. The van der Waals surface area contributed by atoms with Gasteiger partial charge in [-0.25, -0.2) is 0 Å². The molecule has 1 atom stereocenters. The normalized spacial score (nSPS) is 19.0. The van der Waals surface area contributed by atoms with Crippen LogP contribution in [0.2, 0.25) is 0 Å². The molecule has 1 amide bonds. The number of methoxy groups -OCH3 is 1. The summed E-state index contributed by atoms with van der Waals surface area (Å²) in [6, 6.07) is 8.16. The Morgan fingerprint density at radius 3 is 2.47 bits per heavy atom. The first kappa shape index (κ1) is 36.5. The summed E-state index contributed by atoms with van der Waals surface area (Å²) in [6.07, 6.45) is -4.18. The van der Waals surface area contributed by atoms with Crippen LogP contribution in [0.1, 0.15) is 40.9 Å². The van der Waals surface area contributed by atoms with Gasteiger partial charge in [0.2, 0.25) is 0 Å². The van der Waals surface area contributed by atoms with Crippen LogP contribution < -0.4 is 4.74 Å². The van der Waals surface area contributed by atoms with Gasteiger partial charge in [-0.05, 0) is 62.6 Å². The van der Waals surface area contributed by atoms with Crippen molar-refractivity contribution in [2.75, 3.05) is 59.6 Å². The van der Waals surface area contributed by atoms with Crippen LogP contribution >= 0.6 is 24.8 Å². The van der Waals surface area contributed by atoms with Crippen molar-refractivity contribution in [1.82, 2.24) is 14.7 Å². The molecule has 2 heterocycles. The van der Waals surface area contributed by atoms with E-state index in [0.717, 1.165) is 29.8 Å². The molecular weight excluding hydrogens is 606 g/mol. The molecule has 0 unspecified atom stereocenters. The van der Waals surface area contributed by atoms with Gasteiger partial charge in [0.15, 0.2) is 0 Å². The molecule has 2 saturated heterocycles. The van der Waals surface area contributed by atoms with Crippen LogP contribution in [0.3, 0.4) is 0 Å². The lowest BCUT2D eigenvalue weighted by molar-refractivity contribution is -0.137. The van der Waals surface area contributed by atoms with Crippen molar-refractivity contribution in [2.24, 2.45) is 0 Å². The van der Waals surface area contributed by atoms with E-state index in [2.05, 4.69) is 35.5 Å². The zero-order chi connectivity index (χ0) is 29.8. The van der Waals surface area contributed by atoms with E-state index in [1.54, 1.807) is 17.9 Å². The molecule has 0 aliphatic carbocycles. The smallest absolute Gasteiger partial charge is 0.416 e. The number of halogens is 5. The Morgan fingerprint density at radius 1 is 1.09 bits per heavy atom. The third-order valence-corrected chi connectivity index (χ3v) is 7.80. The van der Waals surface area contributed by atoms with Crippen LogP contribution in [0.15, 0.2) is 36.4 Å². The Morgan fingerprint density at radius 2 is 1.81 bits per heavy atom. The summed E-state index contributed by atoms with van der Waals surface area (Å²) in [5, 5.41) is 10.2. The number of carbonyl (C=O) groups is 1. The zero-order valence-corrected chi connectivity index (χ0v) is 26.5. The minimum atomic E-state index is -4.61. The standard InChI is InChI=1S/C31H38F3N3O4.2ClH/c1-22-7-8-23(16-28(22)38)15-26-20-35(9-5-6-10-36-13-14-41-21-30(36,2)3)11-12-37(26)29(39)24-17-25(31(32,33)34)19-27(18-24)40-4;;/h7-8,16-19,26,38H,9-15,20-21H2,1-4H3;2*1H/t26-;;/m1../s1. The zero-order valence-electron chi connectivity index (χ0n) is 24.9. The first-order valence-electron chi connectivity index (χ1n) is 13.7. The van der Waals surface area contributed by atoms with Crippen molar-refractivity contribution >= 4 is 30.7 Å². The van der Waals surface area contributed by atoms with Gasteiger partial charge in [0, 0.05) is 43.3 Å². The molecule has 12 heteroatoms. The van der Waals surface area contributed by atoms with Gasteiger partial charge in [0.05, 0.1) is 39.0 Å². The molecule has 0 radical (unpaired) electrons. The van der Waals surface area contributed by atoms with E-state index in [1.807, 2.05) is 12.1 Å². The Bertz CT molecular complexity index is 1310. The minimum Gasteiger partial charge on any atom is -0.508 e. The summed E-state index contributed by atoms with van der Waals surface area (Å²) in [6.45, 7) is 10.8. The van der Waals surface area contributed by atoms with Crippen LogP contribution in [0.25, 0.3) is 0 Å². The molecular formula is C31H40Cl2F3N3O4. The third-order valence-electron chi connectivity index (χ3n) is 7.80. The van der Waals surface area contributed by atoms with Crippen molar-refractivity contribution in [3.8, 4) is 23.3 Å². The molecule has 2 aromatic carbocycles. The lowest BCUT2D eigenvalue weighted by Crippen LogP contribution is -2.56. The maximum Gasteiger partial charge on any atom is 0.416 e. The van der Waals surface area contributed by atoms with Crippen LogP contribution in [-0.2, 0) is 17.3 Å². The summed E-state index contributed by atoms with van der Waals surface area (Å²) in [7, 11) is 1.27. The average Bonchev–Trinajstić information content (AvgIpc) is 2.92. The Balaban J connectivity index is 0.00000323. The lowest BCUT2D eigenvalue weighted by Gasteiger charge is -2.41. The van der Waals surface area contributed by atoms with Crippen molar-refractivity contribution < 1.29 is 32.5 Å². The Kier molecular flexibility index (Phi) is 13.0. The highest BCUT2D eigenvalue weighted by Gasteiger charge is 2.35. The van der Waals surface area contributed by atoms with E-state index >= 15 is 0 Å². The molecule has 2 aromatic rings. The molecule has 0 aromatic heterocycles. The van der Waals surface area contributed by atoms with E-state index in [4.69, 9.17) is 9.47 Å². The number of phenolic OH excluding ortho intramolecular Hbond substituents is 1. The molecule has 2 fully saturated rings. The van der Waals surface area contributed by atoms with Gasteiger partial charge >= 0.3 is 6.18 Å². The number of benzene rings is 2. The van der Waals surface area contributed by atoms with E-state index in [0.29, 0.717) is 52.4 Å². The first-order valence-corrected chi connectivity index (χ1v) is 13.7. The fourth-order valence-corrected chi connectivity index (χ4v) is 5.23. The quantitative estimate of drug-likeness (QED) is 0.444. The number of aromatic hydroxyl groups is 1. The van der Waals surface area contributed by atoms with Crippen LogP contribution in [0.4, 0.5) is 13.2 Å². The second-order valence-electron chi connectivity index (χ2n) is 11.3. The highest BCUT2D eigenvalue weighted by atomic mass is 35.5. The number of alkyl halides is 3. The highest BCUT2D eigenvalue weighted by Crippen LogP contribution is 2.33. The number of morpholine rings is 1. The molecule has 1 N–H and O–H groups in total. The van der Waals surface area contributed by atoms with Crippen LogP contribution in [0, 0.1) is 18.8 Å². The topological polar surface area (TPSA) is 65.5 Å². The van der Waals surface area contributed by atoms with Gasteiger partial charge in [-0.15, -0.1) is 24.8 Å². The van der Waals surface area contributed by atoms with Crippen molar-refractivity contribution in [3.63, 3.8) is 0 Å². The average molecular weight is 647 g/mol. The maximum absolute atomic E-state index is 13.7. The van der Waals surface area contributed by atoms with Gasteiger partial charge in [0.25, 0.3) is 5.91 Å². The van der Waals surface area contributed by atoms with E-state index in [-0.39, 0.29) is 53.5 Å². The summed E-state index contributed by atoms with van der Waals surface area (Å²) in [5.74, 6) is 6.18. The molecule has 238 valence electrons. The fourth-order valence-electron chi connectivity index (χ4n) is 5.23. The second kappa shape index (κ2) is 15.4. The summed E-state index contributed by atoms with van der Waals surface area (Å²) >= 11 is 0. The second-order valence-corrected chi connectivity index (χ2v) is 11.3. The predicted octanol–water partition coefficient (Wildman–Crippen LogP) is 5.05. The molecule has 2 aliphatic rings. The number of rotatable bonds is 6. The Labute approximate surface area is 264 Å². The molecule has 43 heavy (non-hydrogen) atoms. The monoisotopic (exact) mass is 645 g/mol. The van der Waals surface area contributed by atoms with Crippen LogP contribution in [0.5, 0.6) is 11.5 Å². The number of piperazine rings is 1. The van der Waals surface area contributed by atoms with Crippen LogP contribution in [-0.4, -0.2) is 96.9 Å². The van der Waals surface area contributed by atoms with Gasteiger partial charge in [-0.2, -0.15) is 13.2 Å². The highest BCUT2D eigenvalue weighted by molar-refractivity contribution is 5.95. The first-order chi connectivity index (χ1) is 19.4. The van der Waals surface area contributed by atoms with E-state index in [1.165, 1.54) is 13.2 Å². The minimum absolute atomic E-state index is 0. The number of carbonyl (C=O) groups excluding carboxylic acids is 1. The van der Waals surface area contributed by atoms with Crippen molar-refractivity contribution in [1.29, 1.82) is 0 Å². The molecule has 0 spiro atoms. The van der Waals surface area contributed by atoms with Gasteiger partial charge in [-0.3, -0.25) is 14.6 Å². The van der Waals surface area contributed by atoms with E-state index < -0.39 is 17.6 Å². The molecule has 7 nitrogen and oxygen atoms in total. The molecule has 2 aliphatic heterocycles. The number of hydrogen-bond donors (Lipinski definition) is 1. The predicted molar refractivity (Wildman–Crippen MR) is 165 cm³/mol. The number of hydrogen-bond acceptors (Lipinski definition) is 6. The van der Waals surface area contributed by atoms with E-state index in [9.17, 15) is 23.1 Å². The van der Waals surface area contributed by atoms with Gasteiger partial charge < -0.3 is 19.5 Å². The number of nitrogens with zero attached hydrogens (tertiary/aromatic N) is 3. The number of phenols is 1. The SMILES string of the molecule is COc1cc(C(=O)N2CCN(CC#CCN3CCOCC3(C)C)C[C@H]2Cc2ccc(C)c(O)c2)cc(C(F)(F)F)c1.Cl.Cl. The lowest BCUT2D eigenvalue weighted by atomic mass is 9.99. The number of ether oxygens (including phenoxy) is 2. The summed E-state index contributed by atoms with van der Waals surface area (Å²) in [4.78, 5) is 19.8.